The van der Waals surface area contributed by atoms with Crippen LogP contribution in [0.2, 0.25) is 0 Å². The Morgan fingerprint density at radius 3 is 2.65 bits per heavy atom. The fraction of sp³-hybridized carbons (Fsp3) is 0.692. The van der Waals surface area contributed by atoms with E-state index in [1.165, 1.54) is 0 Å². The molecule has 1 N–H and O–H groups in total. The molecule has 0 bridgehead atoms. The highest BCUT2D eigenvalue weighted by molar-refractivity contribution is 5.09. The standard InChI is InChI=1S/C13H23N3O/c1-5-15-12(10(3)4)7-11-8-14-9-13(16-11)17-6-2/h8-10,12,15H,5-7H2,1-4H3. The van der Waals surface area contributed by atoms with E-state index in [2.05, 4.69) is 36.1 Å². The number of nitrogens with one attached hydrogen (secondary N) is 1. The lowest BCUT2D eigenvalue weighted by Gasteiger charge is -2.21. The summed E-state index contributed by atoms with van der Waals surface area (Å²) < 4.78 is 5.35. The first kappa shape index (κ1) is 13.9. The van der Waals surface area contributed by atoms with Gasteiger partial charge in [0.15, 0.2) is 0 Å². The molecular formula is C13H23N3O. The van der Waals surface area contributed by atoms with Gasteiger partial charge >= 0.3 is 0 Å². The molecule has 0 fully saturated rings. The number of rotatable bonds is 7. The van der Waals surface area contributed by atoms with Gasteiger partial charge in [0.1, 0.15) is 0 Å². The van der Waals surface area contributed by atoms with Gasteiger partial charge in [-0.05, 0) is 19.4 Å². The van der Waals surface area contributed by atoms with Crippen LogP contribution in [0.25, 0.3) is 0 Å². The summed E-state index contributed by atoms with van der Waals surface area (Å²) >= 11 is 0. The van der Waals surface area contributed by atoms with Crippen molar-refractivity contribution in [3.63, 3.8) is 0 Å². The van der Waals surface area contributed by atoms with E-state index in [1.807, 2.05) is 13.1 Å². The molecule has 4 nitrogen and oxygen atoms in total. The second kappa shape index (κ2) is 7.22. The van der Waals surface area contributed by atoms with Gasteiger partial charge in [0.05, 0.1) is 18.5 Å². The monoisotopic (exact) mass is 237 g/mol. The predicted molar refractivity (Wildman–Crippen MR) is 69.2 cm³/mol. The Morgan fingerprint density at radius 1 is 1.29 bits per heavy atom. The van der Waals surface area contributed by atoms with Crippen molar-refractivity contribution in [2.24, 2.45) is 5.92 Å². The minimum Gasteiger partial charge on any atom is -0.477 e. The SMILES string of the molecule is CCNC(Cc1cncc(OCC)n1)C(C)C. The lowest BCUT2D eigenvalue weighted by molar-refractivity contribution is 0.322. The van der Waals surface area contributed by atoms with Gasteiger partial charge < -0.3 is 10.1 Å². The first-order chi connectivity index (χ1) is 8.17. The van der Waals surface area contributed by atoms with Gasteiger partial charge in [0.2, 0.25) is 5.88 Å². The van der Waals surface area contributed by atoms with Crippen molar-refractivity contribution in [2.45, 2.75) is 40.2 Å². The summed E-state index contributed by atoms with van der Waals surface area (Å²) in [4.78, 5) is 8.60. The molecule has 0 aliphatic carbocycles. The van der Waals surface area contributed by atoms with Crippen LogP contribution < -0.4 is 10.1 Å². The Labute approximate surface area is 104 Å². The van der Waals surface area contributed by atoms with E-state index in [4.69, 9.17) is 4.74 Å². The van der Waals surface area contributed by atoms with E-state index in [0.717, 1.165) is 18.7 Å². The van der Waals surface area contributed by atoms with Crippen molar-refractivity contribution in [3.8, 4) is 5.88 Å². The van der Waals surface area contributed by atoms with Gasteiger partial charge in [-0.2, -0.15) is 0 Å². The molecule has 1 rings (SSSR count). The molecule has 1 heterocycles. The van der Waals surface area contributed by atoms with Crippen LogP contribution in [0.4, 0.5) is 0 Å². The van der Waals surface area contributed by atoms with E-state index in [-0.39, 0.29) is 0 Å². The molecule has 0 radical (unpaired) electrons. The second-order valence-electron chi connectivity index (χ2n) is 4.39. The normalized spacial score (nSPS) is 12.8. The van der Waals surface area contributed by atoms with E-state index in [1.54, 1.807) is 6.20 Å². The molecule has 96 valence electrons. The summed E-state index contributed by atoms with van der Waals surface area (Å²) in [6.07, 6.45) is 4.36. The maximum Gasteiger partial charge on any atom is 0.232 e. The van der Waals surface area contributed by atoms with Crippen molar-refractivity contribution in [2.75, 3.05) is 13.2 Å². The predicted octanol–water partition coefficient (Wildman–Crippen LogP) is 2.05. The van der Waals surface area contributed by atoms with Crippen molar-refractivity contribution in [3.05, 3.63) is 18.1 Å². The minimum atomic E-state index is 0.436. The molecule has 17 heavy (non-hydrogen) atoms. The Hall–Kier alpha value is -1.16. The van der Waals surface area contributed by atoms with Gasteiger partial charge in [0.25, 0.3) is 0 Å². The first-order valence-electron chi connectivity index (χ1n) is 6.34. The van der Waals surface area contributed by atoms with E-state index in [0.29, 0.717) is 24.4 Å². The topological polar surface area (TPSA) is 47.0 Å². The zero-order valence-corrected chi connectivity index (χ0v) is 11.2. The Kier molecular flexibility index (Phi) is 5.91. The molecular weight excluding hydrogens is 214 g/mol. The Balaban J connectivity index is 2.68. The van der Waals surface area contributed by atoms with Crippen LogP contribution in [0, 0.1) is 5.92 Å². The molecule has 0 spiro atoms. The van der Waals surface area contributed by atoms with E-state index < -0.39 is 0 Å². The zero-order valence-electron chi connectivity index (χ0n) is 11.2. The molecule has 1 aromatic heterocycles. The van der Waals surface area contributed by atoms with Crippen LogP contribution in [-0.2, 0) is 6.42 Å². The van der Waals surface area contributed by atoms with Gasteiger partial charge in [-0.1, -0.05) is 20.8 Å². The summed E-state index contributed by atoms with van der Waals surface area (Å²) in [6, 6.07) is 0.436. The van der Waals surface area contributed by atoms with Crippen molar-refractivity contribution in [1.82, 2.24) is 15.3 Å². The molecule has 1 unspecified atom stereocenters. The highest BCUT2D eigenvalue weighted by atomic mass is 16.5. The van der Waals surface area contributed by atoms with Crippen LogP contribution in [0.15, 0.2) is 12.4 Å². The van der Waals surface area contributed by atoms with Gasteiger partial charge in [-0.15, -0.1) is 0 Å². The van der Waals surface area contributed by atoms with Crippen molar-refractivity contribution in [1.29, 1.82) is 0 Å². The third kappa shape index (κ3) is 4.69. The summed E-state index contributed by atoms with van der Waals surface area (Å²) in [6.45, 7) is 10.1. The third-order valence-corrected chi connectivity index (χ3v) is 2.65. The van der Waals surface area contributed by atoms with Crippen molar-refractivity contribution < 1.29 is 4.74 Å². The molecule has 0 aliphatic heterocycles. The van der Waals surface area contributed by atoms with Crippen LogP contribution in [0.5, 0.6) is 5.88 Å². The lowest BCUT2D eigenvalue weighted by atomic mass is 9.99. The highest BCUT2D eigenvalue weighted by Gasteiger charge is 2.13. The van der Waals surface area contributed by atoms with Crippen LogP contribution in [-0.4, -0.2) is 29.2 Å². The molecule has 0 aliphatic rings. The maximum absolute atomic E-state index is 5.35. The quantitative estimate of drug-likeness (QED) is 0.788. The van der Waals surface area contributed by atoms with E-state index >= 15 is 0 Å². The number of ether oxygens (including phenoxy) is 1. The van der Waals surface area contributed by atoms with Gasteiger partial charge in [-0.3, -0.25) is 4.98 Å². The molecule has 1 aromatic rings. The maximum atomic E-state index is 5.35. The average molecular weight is 237 g/mol. The zero-order chi connectivity index (χ0) is 12.7. The van der Waals surface area contributed by atoms with E-state index in [9.17, 15) is 0 Å². The number of nitrogens with zero attached hydrogens (tertiary/aromatic N) is 2. The number of hydrogen-bond donors (Lipinski definition) is 1. The summed E-state index contributed by atoms with van der Waals surface area (Å²) in [7, 11) is 0. The first-order valence-corrected chi connectivity index (χ1v) is 6.34. The lowest BCUT2D eigenvalue weighted by Crippen LogP contribution is -2.35. The molecule has 4 heteroatoms. The van der Waals surface area contributed by atoms with Crippen molar-refractivity contribution >= 4 is 0 Å². The fourth-order valence-electron chi connectivity index (χ4n) is 1.73. The number of hydrogen-bond acceptors (Lipinski definition) is 4. The Morgan fingerprint density at radius 2 is 2.06 bits per heavy atom. The summed E-state index contributed by atoms with van der Waals surface area (Å²) in [5.74, 6) is 1.19. The molecule has 0 saturated heterocycles. The molecule has 0 amide bonds. The number of likely N-dealkylation sites (N-methyl/N-ethyl adjacent to an activating group) is 1. The van der Waals surface area contributed by atoms with Crippen LogP contribution in [0.3, 0.4) is 0 Å². The fourth-order valence-corrected chi connectivity index (χ4v) is 1.73. The minimum absolute atomic E-state index is 0.436. The molecule has 0 saturated carbocycles. The average Bonchev–Trinajstić information content (AvgIpc) is 2.29. The summed E-state index contributed by atoms with van der Waals surface area (Å²) in [5.41, 5.74) is 0.982. The third-order valence-electron chi connectivity index (χ3n) is 2.65. The van der Waals surface area contributed by atoms with Crippen LogP contribution in [0.1, 0.15) is 33.4 Å². The van der Waals surface area contributed by atoms with Crippen LogP contribution >= 0.6 is 0 Å². The number of aromatic nitrogens is 2. The molecule has 0 aromatic carbocycles. The van der Waals surface area contributed by atoms with Gasteiger partial charge in [-0.25, -0.2) is 4.98 Å². The molecule has 1 atom stereocenters. The second-order valence-corrected chi connectivity index (χ2v) is 4.39. The van der Waals surface area contributed by atoms with Gasteiger partial charge in [0, 0.05) is 18.7 Å². The largest absolute Gasteiger partial charge is 0.477 e. The Bertz CT molecular complexity index is 328. The smallest absolute Gasteiger partial charge is 0.232 e. The summed E-state index contributed by atoms with van der Waals surface area (Å²) in [5, 5.41) is 3.47. The highest BCUT2D eigenvalue weighted by Crippen LogP contribution is 2.11.